The van der Waals surface area contributed by atoms with Crippen molar-refractivity contribution in [3.63, 3.8) is 0 Å². The van der Waals surface area contributed by atoms with Crippen molar-refractivity contribution < 1.29 is 0 Å². The maximum absolute atomic E-state index is 4.40. The first-order chi connectivity index (χ1) is 8.40. The number of thioether (sulfide) groups is 1. The molecule has 1 aliphatic heterocycles. The Balaban J connectivity index is 1.79. The molecule has 3 nitrogen and oxygen atoms in total. The third-order valence-corrected chi connectivity index (χ3v) is 4.63. The molecule has 1 saturated heterocycles. The third kappa shape index (κ3) is 3.95. The van der Waals surface area contributed by atoms with E-state index >= 15 is 0 Å². The summed E-state index contributed by atoms with van der Waals surface area (Å²) in [7, 11) is 0. The molecule has 0 amide bonds. The fourth-order valence-electron chi connectivity index (χ4n) is 2.16. The lowest BCUT2D eigenvalue weighted by atomic mass is 10.2. The highest BCUT2D eigenvalue weighted by molar-refractivity contribution is 7.99. The smallest absolute Gasteiger partial charge is 0.202 e. The van der Waals surface area contributed by atoms with Gasteiger partial charge >= 0.3 is 0 Å². The molecule has 0 radical (unpaired) electrons. The number of anilines is 1. The average molecular weight is 253 g/mol. The molecule has 0 saturated carbocycles. The number of nitrogens with one attached hydrogen (secondary N) is 1. The van der Waals surface area contributed by atoms with Crippen molar-refractivity contribution >= 4 is 17.7 Å². The molecule has 1 aliphatic rings. The van der Waals surface area contributed by atoms with Crippen LogP contribution in [0.25, 0.3) is 0 Å². The average Bonchev–Trinajstić information content (AvgIpc) is 2.82. The van der Waals surface area contributed by atoms with Crippen molar-refractivity contribution in [3.8, 4) is 0 Å². The first-order valence-corrected chi connectivity index (χ1v) is 7.81. The van der Waals surface area contributed by atoms with Crippen LogP contribution in [0.4, 0.5) is 5.95 Å². The van der Waals surface area contributed by atoms with Crippen LogP contribution in [0.15, 0.2) is 12.4 Å². The molecular formula is C13H23N3S. The van der Waals surface area contributed by atoms with Gasteiger partial charge in [0.05, 0.1) is 0 Å². The van der Waals surface area contributed by atoms with E-state index in [4.69, 9.17) is 0 Å². The molecule has 0 spiro atoms. The Morgan fingerprint density at radius 1 is 1.53 bits per heavy atom. The lowest BCUT2D eigenvalue weighted by molar-refractivity contribution is 0.630. The zero-order valence-electron chi connectivity index (χ0n) is 10.7. The zero-order valence-corrected chi connectivity index (χ0v) is 11.5. The van der Waals surface area contributed by atoms with Gasteiger partial charge in [0.15, 0.2) is 0 Å². The van der Waals surface area contributed by atoms with Crippen LogP contribution in [-0.4, -0.2) is 27.1 Å². The van der Waals surface area contributed by atoms with Crippen LogP contribution >= 0.6 is 11.8 Å². The normalized spacial score (nSPS) is 20.4. The van der Waals surface area contributed by atoms with Gasteiger partial charge in [0, 0.05) is 30.7 Å². The number of nitrogens with zero attached hydrogens (tertiary/aromatic N) is 2. The van der Waals surface area contributed by atoms with E-state index in [2.05, 4.69) is 39.8 Å². The van der Waals surface area contributed by atoms with Gasteiger partial charge in [-0.1, -0.05) is 19.8 Å². The first kappa shape index (κ1) is 12.8. The zero-order chi connectivity index (χ0) is 11.9. The summed E-state index contributed by atoms with van der Waals surface area (Å²) < 4.78 is 2.23. The minimum absolute atomic E-state index is 0.778. The van der Waals surface area contributed by atoms with Gasteiger partial charge in [0.1, 0.15) is 0 Å². The quantitative estimate of drug-likeness (QED) is 0.843. The van der Waals surface area contributed by atoms with Crippen LogP contribution in [0, 0.1) is 0 Å². The van der Waals surface area contributed by atoms with Gasteiger partial charge in [-0.3, -0.25) is 0 Å². The third-order valence-electron chi connectivity index (χ3n) is 3.23. The Bertz CT molecular complexity index is 318. The minimum atomic E-state index is 0.778. The topological polar surface area (TPSA) is 29.9 Å². The van der Waals surface area contributed by atoms with Crippen LogP contribution in [0.1, 0.15) is 39.0 Å². The second-order valence-electron chi connectivity index (χ2n) is 4.67. The van der Waals surface area contributed by atoms with Crippen LogP contribution in [0.2, 0.25) is 0 Å². The van der Waals surface area contributed by atoms with Gasteiger partial charge in [-0.15, -0.1) is 0 Å². The van der Waals surface area contributed by atoms with Gasteiger partial charge in [0.25, 0.3) is 0 Å². The highest BCUT2D eigenvalue weighted by Crippen LogP contribution is 2.25. The number of imidazole rings is 1. The van der Waals surface area contributed by atoms with Gasteiger partial charge in [0.2, 0.25) is 5.95 Å². The Labute approximate surface area is 108 Å². The highest BCUT2D eigenvalue weighted by atomic mass is 32.2. The predicted molar refractivity (Wildman–Crippen MR) is 75.7 cm³/mol. The number of aryl methyl sites for hydroxylation is 1. The Hall–Kier alpha value is -0.640. The van der Waals surface area contributed by atoms with Crippen LogP contribution in [0.3, 0.4) is 0 Å². The van der Waals surface area contributed by atoms with E-state index in [1.54, 1.807) is 0 Å². The van der Waals surface area contributed by atoms with E-state index in [1.807, 2.05) is 6.20 Å². The van der Waals surface area contributed by atoms with Crippen molar-refractivity contribution in [2.24, 2.45) is 0 Å². The monoisotopic (exact) mass is 253 g/mol. The first-order valence-electron chi connectivity index (χ1n) is 6.76. The molecular weight excluding hydrogens is 230 g/mol. The SMILES string of the molecule is CCCCn1ccnc1NCC1CCCCS1. The summed E-state index contributed by atoms with van der Waals surface area (Å²) in [5, 5.41) is 4.28. The fraction of sp³-hybridized carbons (Fsp3) is 0.769. The van der Waals surface area contributed by atoms with Gasteiger partial charge in [-0.05, 0) is 25.0 Å². The number of hydrogen-bond acceptors (Lipinski definition) is 3. The molecule has 1 aromatic heterocycles. The van der Waals surface area contributed by atoms with Crippen molar-refractivity contribution in [2.45, 2.75) is 50.8 Å². The summed E-state index contributed by atoms with van der Waals surface area (Å²) in [6, 6.07) is 0. The summed E-state index contributed by atoms with van der Waals surface area (Å²) >= 11 is 2.11. The fourth-order valence-corrected chi connectivity index (χ4v) is 3.40. The van der Waals surface area contributed by atoms with Gasteiger partial charge in [-0.2, -0.15) is 11.8 Å². The molecule has 2 rings (SSSR count). The van der Waals surface area contributed by atoms with Gasteiger partial charge in [-0.25, -0.2) is 4.98 Å². The number of unbranched alkanes of at least 4 members (excludes halogenated alkanes) is 1. The summed E-state index contributed by atoms with van der Waals surface area (Å²) in [4.78, 5) is 4.40. The van der Waals surface area contributed by atoms with Crippen LogP contribution < -0.4 is 5.32 Å². The summed E-state index contributed by atoms with van der Waals surface area (Å²) in [6.07, 6.45) is 10.6. The molecule has 4 heteroatoms. The van der Waals surface area contributed by atoms with Crippen LogP contribution in [0.5, 0.6) is 0 Å². The summed E-state index contributed by atoms with van der Waals surface area (Å²) in [5.41, 5.74) is 0. The molecule has 1 N–H and O–H groups in total. The molecule has 96 valence electrons. The lowest BCUT2D eigenvalue weighted by Gasteiger charge is -2.21. The van der Waals surface area contributed by atoms with E-state index in [1.165, 1.54) is 37.9 Å². The van der Waals surface area contributed by atoms with E-state index < -0.39 is 0 Å². The van der Waals surface area contributed by atoms with E-state index in [9.17, 15) is 0 Å². The van der Waals surface area contributed by atoms with Crippen molar-refractivity contribution in [1.29, 1.82) is 0 Å². The number of aromatic nitrogens is 2. The molecule has 17 heavy (non-hydrogen) atoms. The standard InChI is InChI=1S/C13H23N3S/c1-2-3-8-16-9-7-14-13(16)15-11-12-6-4-5-10-17-12/h7,9,12H,2-6,8,10-11H2,1H3,(H,14,15). The second kappa shape index (κ2) is 6.94. The van der Waals surface area contributed by atoms with Crippen molar-refractivity contribution in [2.75, 3.05) is 17.6 Å². The molecule has 0 bridgehead atoms. The molecule has 0 aromatic carbocycles. The van der Waals surface area contributed by atoms with E-state index in [-0.39, 0.29) is 0 Å². The molecule has 1 atom stereocenters. The minimum Gasteiger partial charge on any atom is -0.355 e. The molecule has 0 aliphatic carbocycles. The van der Waals surface area contributed by atoms with Crippen molar-refractivity contribution in [1.82, 2.24) is 9.55 Å². The van der Waals surface area contributed by atoms with Crippen molar-refractivity contribution in [3.05, 3.63) is 12.4 Å². The largest absolute Gasteiger partial charge is 0.355 e. The van der Waals surface area contributed by atoms with Crippen LogP contribution in [-0.2, 0) is 6.54 Å². The Morgan fingerprint density at radius 2 is 2.47 bits per heavy atom. The summed E-state index contributed by atoms with van der Waals surface area (Å²) in [5.74, 6) is 2.38. The lowest BCUT2D eigenvalue weighted by Crippen LogP contribution is -2.21. The Kier molecular flexibility index (Phi) is 5.23. The predicted octanol–water partition coefficient (Wildman–Crippen LogP) is 3.38. The molecule has 1 unspecified atom stereocenters. The van der Waals surface area contributed by atoms with E-state index in [0.29, 0.717) is 0 Å². The molecule has 1 aromatic rings. The molecule has 2 heterocycles. The van der Waals surface area contributed by atoms with Gasteiger partial charge < -0.3 is 9.88 Å². The number of hydrogen-bond donors (Lipinski definition) is 1. The van der Waals surface area contributed by atoms with E-state index in [0.717, 1.165) is 24.3 Å². The highest BCUT2D eigenvalue weighted by Gasteiger charge is 2.14. The maximum atomic E-state index is 4.40. The molecule has 1 fully saturated rings. The Morgan fingerprint density at radius 3 is 3.24 bits per heavy atom. The second-order valence-corrected chi connectivity index (χ2v) is 6.08. The maximum Gasteiger partial charge on any atom is 0.202 e. The number of rotatable bonds is 6. The summed E-state index contributed by atoms with van der Waals surface area (Å²) in [6.45, 7) is 4.37.